The monoisotopic (exact) mass is 201 g/mol. The van der Waals surface area contributed by atoms with Gasteiger partial charge in [-0.2, -0.15) is 25.8 Å². The molecular weight excluding hydrogens is 187 g/mol. The molecule has 1 unspecified atom stereocenters. The van der Waals surface area contributed by atoms with E-state index in [1.54, 1.807) is 0 Å². The molecular formula is C7H14F3NS. The molecule has 1 nitrogen and oxygen atoms in total. The first-order valence-corrected chi connectivity index (χ1v) is 4.53. The Balaban J connectivity index is 3.86. The number of hydrogen-bond acceptors (Lipinski definition) is 2. The maximum absolute atomic E-state index is 12.1. The average Bonchev–Trinajstić information content (AvgIpc) is 1.95. The van der Waals surface area contributed by atoms with Gasteiger partial charge < -0.3 is 5.73 Å². The van der Waals surface area contributed by atoms with Gasteiger partial charge in [0.25, 0.3) is 0 Å². The molecule has 12 heavy (non-hydrogen) atoms. The fraction of sp³-hybridized carbons (Fsp3) is 1.00. The van der Waals surface area contributed by atoms with E-state index in [1.165, 1.54) is 0 Å². The molecule has 0 spiro atoms. The molecule has 0 rings (SSSR count). The molecule has 0 aromatic carbocycles. The molecule has 0 saturated heterocycles. The van der Waals surface area contributed by atoms with Crippen LogP contribution in [0.4, 0.5) is 13.2 Å². The minimum atomic E-state index is -4.09. The summed E-state index contributed by atoms with van der Waals surface area (Å²) in [5.74, 6) is -0.744. The van der Waals surface area contributed by atoms with Crippen LogP contribution >= 0.6 is 12.6 Å². The van der Waals surface area contributed by atoms with Crippen molar-refractivity contribution < 1.29 is 13.2 Å². The van der Waals surface area contributed by atoms with Crippen molar-refractivity contribution in [1.82, 2.24) is 0 Å². The van der Waals surface area contributed by atoms with Gasteiger partial charge in [0.05, 0.1) is 5.92 Å². The zero-order valence-corrected chi connectivity index (χ0v) is 7.67. The van der Waals surface area contributed by atoms with Gasteiger partial charge in [-0.3, -0.25) is 0 Å². The second-order valence-corrected chi connectivity index (χ2v) is 3.13. The highest BCUT2D eigenvalue weighted by molar-refractivity contribution is 7.80. The fourth-order valence-corrected chi connectivity index (χ4v) is 1.19. The first kappa shape index (κ1) is 12.1. The number of thiol groups is 1. The highest BCUT2D eigenvalue weighted by Crippen LogP contribution is 2.31. The maximum Gasteiger partial charge on any atom is 0.391 e. The van der Waals surface area contributed by atoms with Crippen molar-refractivity contribution in [3.05, 3.63) is 0 Å². The standard InChI is InChI=1S/C7H14F3NS/c8-7(9,10)6(3-4-11)2-1-5-12/h6,12H,1-5,11H2. The summed E-state index contributed by atoms with van der Waals surface area (Å²) < 4.78 is 36.4. The van der Waals surface area contributed by atoms with E-state index >= 15 is 0 Å². The first-order chi connectivity index (χ1) is 5.52. The lowest BCUT2D eigenvalue weighted by atomic mass is 9.99. The summed E-state index contributed by atoms with van der Waals surface area (Å²) in [5, 5.41) is 0. The molecule has 0 aliphatic rings. The number of halogens is 3. The van der Waals surface area contributed by atoms with Crippen LogP contribution in [0.15, 0.2) is 0 Å². The second-order valence-electron chi connectivity index (χ2n) is 2.68. The smallest absolute Gasteiger partial charge is 0.330 e. The van der Waals surface area contributed by atoms with Crippen molar-refractivity contribution in [3.63, 3.8) is 0 Å². The van der Waals surface area contributed by atoms with E-state index in [9.17, 15) is 13.2 Å². The van der Waals surface area contributed by atoms with E-state index in [1.807, 2.05) is 0 Å². The highest BCUT2D eigenvalue weighted by atomic mass is 32.1. The predicted molar refractivity (Wildman–Crippen MR) is 46.3 cm³/mol. The van der Waals surface area contributed by atoms with E-state index in [4.69, 9.17) is 5.73 Å². The van der Waals surface area contributed by atoms with Gasteiger partial charge in [0.1, 0.15) is 0 Å². The van der Waals surface area contributed by atoms with Crippen molar-refractivity contribution in [1.29, 1.82) is 0 Å². The summed E-state index contributed by atoms with van der Waals surface area (Å²) >= 11 is 3.86. The van der Waals surface area contributed by atoms with Gasteiger partial charge in [-0.15, -0.1) is 0 Å². The lowest BCUT2D eigenvalue weighted by Crippen LogP contribution is -2.25. The SMILES string of the molecule is NCCC(CCCS)C(F)(F)F. The minimum Gasteiger partial charge on any atom is -0.330 e. The van der Waals surface area contributed by atoms with Crippen molar-refractivity contribution >= 4 is 12.6 Å². The van der Waals surface area contributed by atoms with E-state index in [0.717, 1.165) is 0 Å². The van der Waals surface area contributed by atoms with Crippen LogP contribution in [0.25, 0.3) is 0 Å². The van der Waals surface area contributed by atoms with Gasteiger partial charge in [-0.1, -0.05) is 0 Å². The quantitative estimate of drug-likeness (QED) is 0.655. The van der Waals surface area contributed by atoms with Gasteiger partial charge in [-0.25, -0.2) is 0 Å². The van der Waals surface area contributed by atoms with E-state index in [-0.39, 0.29) is 19.4 Å². The summed E-state index contributed by atoms with van der Waals surface area (Å²) in [6.45, 7) is 0.0940. The highest BCUT2D eigenvalue weighted by Gasteiger charge is 2.37. The molecule has 0 amide bonds. The van der Waals surface area contributed by atoms with Crippen molar-refractivity contribution in [2.75, 3.05) is 12.3 Å². The number of rotatable bonds is 5. The van der Waals surface area contributed by atoms with E-state index in [2.05, 4.69) is 12.6 Å². The molecule has 0 aromatic heterocycles. The van der Waals surface area contributed by atoms with E-state index in [0.29, 0.717) is 12.2 Å². The van der Waals surface area contributed by atoms with Gasteiger partial charge in [-0.05, 0) is 31.6 Å². The third-order valence-electron chi connectivity index (χ3n) is 1.69. The Hall–Kier alpha value is 0.100. The van der Waals surface area contributed by atoms with Crippen LogP contribution < -0.4 is 5.73 Å². The maximum atomic E-state index is 12.1. The summed E-state index contributed by atoms with van der Waals surface area (Å²) in [7, 11) is 0. The van der Waals surface area contributed by atoms with E-state index < -0.39 is 12.1 Å². The third-order valence-corrected chi connectivity index (χ3v) is 2.00. The van der Waals surface area contributed by atoms with Crippen LogP contribution in [-0.4, -0.2) is 18.5 Å². The molecule has 0 bridgehead atoms. The predicted octanol–water partition coefficient (Wildman–Crippen LogP) is 2.22. The lowest BCUT2D eigenvalue weighted by Gasteiger charge is -2.18. The molecule has 1 atom stereocenters. The summed E-state index contributed by atoms with van der Waals surface area (Å²) in [4.78, 5) is 0. The summed E-state index contributed by atoms with van der Waals surface area (Å²) in [5.41, 5.74) is 5.08. The summed E-state index contributed by atoms with van der Waals surface area (Å²) in [6.07, 6.45) is -3.43. The van der Waals surface area contributed by atoms with Crippen LogP contribution in [0.3, 0.4) is 0 Å². The zero-order valence-electron chi connectivity index (χ0n) is 6.77. The molecule has 2 N–H and O–H groups in total. The molecule has 0 heterocycles. The molecule has 0 fully saturated rings. The second kappa shape index (κ2) is 5.70. The molecule has 0 aromatic rings. The number of alkyl halides is 3. The Bertz CT molecular complexity index is 116. The number of nitrogens with two attached hydrogens (primary N) is 1. The van der Waals surface area contributed by atoms with Crippen LogP contribution in [-0.2, 0) is 0 Å². The Morgan fingerprint density at radius 2 is 1.83 bits per heavy atom. The third kappa shape index (κ3) is 4.87. The topological polar surface area (TPSA) is 26.0 Å². The number of hydrogen-bond donors (Lipinski definition) is 2. The Kier molecular flexibility index (Phi) is 5.74. The largest absolute Gasteiger partial charge is 0.391 e. The van der Waals surface area contributed by atoms with Gasteiger partial charge >= 0.3 is 6.18 Å². The molecule has 74 valence electrons. The summed E-state index contributed by atoms with van der Waals surface area (Å²) in [6, 6.07) is 0. The van der Waals surface area contributed by atoms with Crippen LogP contribution in [0.5, 0.6) is 0 Å². The normalized spacial score (nSPS) is 14.8. The van der Waals surface area contributed by atoms with Crippen LogP contribution in [0.1, 0.15) is 19.3 Å². The van der Waals surface area contributed by atoms with Gasteiger partial charge in [0.2, 0.25) is 0 Å². The Labute approximate surface area is 75.9 Å². The average molecular weight is 201 g/mol. The zero-order chi connectivity index (χ0) is 9.61. The molecule has 5 heteroatoms. The van der Waals surface area contributed by atoms with Gasteiger partial charge in [0, 0.05) is 0 Å². The minimum absolute atomic E-state index is 0.0251. The first-order valence-electron chi connectivity index (χ1n) is 3.90. The molecule has 0 aliphatic heterocycles. The van der Waals surface area contributed by atoms with Crippen LogP contribution in [0, 0.1) is 5.92 Å². The van der Waals surface area contributed by atoms with Crippen LogP contribution in [0.2, 0.25) is 0 Å². The Morgan fingerprint density at radius 3 is 2.17 bits per heavy atom. The molecule has 0 saturated carbocycles. The van der Waals surface area contributed by atoms with Crippen molar-refractivity contribution in [2.24, 2.45) is 11.7 Å². The van der Waals surface area contributed by atoms with Crippen molar-refractivity contribution in [2.45, 2.75) is 25.4 Å². The van der Waals surface area contributed by atoms with Crippen molar-refractivity contribution in [3.8, 4) is 0 Å². The lowest BCUT2D eigenvalue weighted by molar-refractivity contribution is -0.177. The molecule has 0 aliphatic carbocycles. The Morgan fingerprint density at radius 1 is 1.25 bits per heavy atom. The fourth-order valence-electron chi connectivity index (χ4n) is 1.01. The molecule has 0 radical (unpaired) electrons. The van der Waals surface area contributed by atoms with Gasteiger partial charge in [0.15, 0.2) is 0 Å².